The summed E-state index contributed by atoms with van der Waals surface area (Å²) < 4.78 is 18.9. The van der Waals surface area contributed by atoms with Crippen LogP contribution < -0.4 is 5.32 Å². The summed E-state index contributed by atoms with van der Waals surface area (Å²) in [5.74, 6) is -0.920. The molecule has 2 aromatic rings. The van der Waals surface area contributed by atoms with Crippen molar-refractivity contribution in [2.24, 2.45) is 0 Å². The first-order valence-electron chi connectivity index (χ1n) is 6.59. The third kappa shape index (κ3) is 3.33. The molecule has 2 N–H and O–H groups in total. The van der Waals surface area contributed by atoms with E-state index in [1.165, 1.54) is 12.7 Å². The Kier molecular flexibility index (Phi) is 4.81. The maximum Gasteiger partial charge on any atom is 0.358 e. The minimum atomic E-state index is -0.520. The number of carbonyl (C=O) groups excluding carboxylic acids is 1. The van der Waals surface area contributed by atoms with Gasteiger partial charge in [-0.2, -0.15) is 0 Å². The van der Waals surface area contributed by atoms with Gasteiger partial charge in [-0.1, -0.05) is 6.92 Å². The van der Waals surface area contributed by atoms with Gasteiger partial charge in [0.1, 0.15) is 6.33 Å². The van der Waals surface area contributed by atoms with Crippen molar-refractivity contribution in [1.29, 1.82) is 0 Å². The van der Waals surface area contributed by atoms with Crippen LogP contribution in [-0.4, -0.2) is 32.5 Å². The van der Waals surface area contributed by atoms with E-state index in [2.05, 4.69) is 25.3 Å². The fourth-order valence-electron chi connectivity index (χ4n) is 1.78. The van der Waals surface area contributed by atoms with E-state index in [0.717, 1.165) is 0 Å². The smallest absolute Gasteiger partial charge is 0.358 e. The molecule has 2 aromatic heterocycles. The molecule has 0 bridgehead atoms. The van der Waals surface area contributed by atoms with E-state index in [0.29, 0.717) is 17.8 Å². The molecule has 0 radical (unpaired) electrons. The Balaban J connectivity index is 2.11. The number of imidazole rings is 1. The van der Waals surface area contributed by atoms with E-state index >= 15 is 0 Å². The van der Waals surface area contributed by atoms with Gasteiger partial charge in [0.05, 0.1) is 30.9 Å². The number of H-pyrrole nitrogens is 1. The third-order valence-corrected chi connectivity index (χ3v) is 2.82. The number of hydrogen-bond acceptors (Lipinski definition) is 6. The minimum absolute atomic E-state index is 0.0891. The maximum atomic E-state index is 14.0. The molecule has 0 aliphatic rings. The van der Waals surface area contributed by atoms with Gasteiger partial charge in [0, 0.05) is 0 Å². The van der Waals surface area contributed by atoms with E-state index in [-0.39, 0.29) is 24.7 Å². The predicted octanol–water partition coefficient (Wildman–Crippen LogP) is 1.69. The lowest BCUT2D eigenvalue weighted by atomic mass is 10.3. The summed E-state index contributed by atoms with van der Waals surface area (Å²) in [6, 6.07) is 0. The van der Waals surface area contributed by atoms with Gasteiger partial charge in [0.15, 0.2) is 17.3 Å². The van der Waals surface area contributed by atoms with E-state index < -0.39 is 11.8 Å². The third-order valence-electron chi connectivity index (χ3n) is 2.82. The molecule has 2 heterocycles. The van der Waals surface area contributed by atoms with Crippen LogP contribution in [0, 0.1) is 5.82 Å². The van der Waals surface area contributed by atoms with Crippen LogP contribution in [0.1, 0.15) is 35.7 Å². The van der Waals surface area contributed by atoms with Crippen molar-refractivity contribution in [1.82, 2.24) is 19.9 Å². The molecule has 0 aliphatic carbocycles. The Labute approximate surface area is 121 Å². The summed E-state index contributed by atoms with van der Waals surface area (Å²) in [4.78, 5) is 26.1. The van der Waals surface area contributed by atoms with Crippen molar-refractivity contribution in [2.45, 2.75) is 26.8 Å². The molecule has 0 saturated carbocycles. The van der Waals surface area contributed by atoms with Crippen molar-refractivity contribution in [2.75, 3.05) is 11.9 Å². The van der Waals surface area contributed by atoms with Crippen molar-refractivity contribution in [3.8, 4) is 0 Å². The highest BCUT2D eigenvalue weighted by molar-refractivity contribution is 5.88. The van der Waals surface area contributed by atoms with Crippen LogP contribution in [0.25, 0.3) is 0 Å². The molecule has 2 rings (SSSR count). The molecule has 0 atom stereocenters. The number of ether oxygens (including phenoxy) is 1. The van der Waals surface area contributed by atoms with Gasteiger partial charge in [-0.25, -0.2) is 24.1 Å². The molecule has 0 saturated heterocycles. The lowest BCUT2D eigenvalue weighted by Crippen LogP contribution is -2.12. The molecular weight excluding hydrogens is 277 g/mol. The van der Waals surface area contributed by atoms with Crippen molar-refractivity contribution < 1.29 is 13.9 Å². The van der Waals surface area contributed by atoms with E-state index in [9.17, 15) is 9.18 Å². The maximum absolute atomic E-state index is 14.0. The highest BCUT2D eigenvalue weighted by Crippen LogP contribution is 2.15. The van der Waals surface area contributed by atoms with Crippen LogP contribution in [0.4, 0.5) is 10.2 Å². The molecule has 0 spiro atoms. The number of nitrogens with zero attached hydrogens (tertiary/aromatic N) is 3. The monoisotopic (exact) mass is 293 g/mol. The van der Waals surface area contributed by atoms with Crippen LogP contribution >= 0.6 is 0 Å². The van der Waals surface area contributed by atoms with Gasteiger partial charge in [0.25, 0.3) is 0 Å². The summed E-state index contributed by atoms with van der Waals surface area (Å²) in [5, 5.41) is 2.82. The normalized spacial score (nSPS) is 10.4. The summed E-state index contributed by atoms with van der Waals surface area (Å²) in [6.07, 6.45) is 3.15. The number of aryl methyl sites for hydroxylation is 1. The summed E-state index contributed by atoms with van der Waals surface area (Å²) in [6.45, 7) is 3.96. The molecule has 0 unspecified atom stereocenters. The fraction of sp³-hybridized carbons (Fsp3) is 0.385. The van der Waals surface area contributed by atoms with Gasteiger partial charge < -0.3 is 15.0 Å². The lowest BCUT2D eigenvalue weighted by molar-refractivity contribution is 0.0519. The first kappa shape index (κ1) is 14.9. The van der Waals surface area contributed by atoms with Crippen LogP contribution in [0.3, 0.4) is 0 Å². The molecular formula is C13H16FN5O2. The second-order valence-corrected chi connectivity index (χ2v) is 4.14. The summed E-state index contributed by atoms with van der Waals surface area (Å²) in [5.41, 5.74) is 1.02. The zero-order chi connectivity index (χ0) is 15.2. The number of carbonyl (C=O) groups is 1. The molecule has 8 heteroatoms. The Bertz CT molecular complexity index is 629. The van der Waals surface area contributed by atoms with Crippen LogP contribution in [0.5, 0.6) is 0 Å². The zero-order valence-electron chi connectivity index (χ0n) is 11.8. The first-order valence-corrected chi connectivity index (χ1v) is 6.59. The molecule has 0 aromatic carbocycles. The number of esters is 1. The zero-order valence-corrected chi connectivity index (χ0v) is 11.8. The predicted molar refractivity (Wildman–Crippen MR) is 73.2 cm³/mol. The molecule has 112 valence electrons. The quantitative estimate of drug-likeness (QED) is 0.787. The van der Waals surface area contributed by atoms with Gasteiger partial charge in [-0.3, -0.25) is 0 Å². The number of hydrogen-bond donors (Lipinski definition) is 2. The SMILES string of the molecule is CCOC(=O)c1nc[nH]c1CNc1ncnc(CC)c1F. The second kappa shape index (κ2) is 6.78. The molecule has 7 nitrogen and oxygen atoms in total. The Morgan fingerprint density at radius 2 is 2.19 bits per heavy atom. The van der Waals surface area contributed by atoms with Crippen molar-refractivity contribution in [3.63, 3.8) is 0 Å². The highest BCUT2D eigenvalue weighted by atomic mass is 19.1. The van der Waals surface area contributed by atoms with Gasteiger partial charge >= 0.3 is 5.97 Å². The van der Waals surface area contributed by atoms with Gasteiger partial charge in [-0.15, -0.1) is 0 Å². The molecule has 0 amide bonds. The van der Waals surface area contributed by atoms with Gasteiger partial charge in [0.2, 0.25) is 0 Å². The van der Waals surface area contributed by atoms with Crippen molar-refractivity contribution >= 4 is 11.8 Å². The Morgan fingerprint density at radius 3 is 2.90 bits per heavy atom. The second-order valence-electron chi connectivity index (χ2n) is 4.14. The minimum Gasteiger partial charge on any atom is -0.461 e. The number of rotatable bonds is 6. The van der Waals surface area contributed by atoms with Gasteiger partial charge in [-0.05, 0) is 13.3 Å². The van der Waals surface area contributed by atoms with E-state index in [1.807, 2.05) is 6.92 Å². The summed E-state index contributed by atoms with van der Waals surface area (Å²) in [7, 11) is 0. The average Bonchev–Trinajstić information content (AvgIpc) is 2.95. The lowest BCUT2D eigenvalue weighted by Gasteiger charge is -2.08. The summed E-state index contributed by atoms with van der Waals surface area (Å²) >= 11 is 0. The average molecular weight is 293 g/mol. The van der Waals surface area contributed by atoms with Crippen LogP contribution in [-0.2, 0) is 17.7 Å². The topological polar surface area (TPSA) is 92.8 Å². The fourth-order valence-corrected chi connectivity index (χ4v) is 1.78. The van der Waals surface area contributed by atoms with Crippen LogP contribution in [0.15, 0.2) is 12.7 Å². The number of aromatic amines is 1. The Hall–Kier alpha value is -2.51. The van der Waals surface area contributed by atoms with Crippen LogP contribution in [0.2, 0.25) is 0 Å². The standard InChI is InChI=1S/C13H16FN5O2/c1-3-8-10(14)12(19-7-16-8)15-5-9-11(18-6-17-9)13(20)21-4-2/h6-7H,3-5H2,1-2H3,(H,17,18)(H,15,16,19). The molecule has 0 fully saturated rings. The van der Waals surface area contributed by atoms with E-state index in [4.69, 9.17) is 4.74 Å². The molecule has 21 heavy (non-hydrogen) atoms. The van der Waals surface area contributed by atoms with Crippen molar-refractivity contribution in [3.05, 3.63) is 35.6 Å². The number of halogens is 1. The molecule has 0 aliphatic heterocycles. The highest BCUT2D eigenvalue weighted by Gasteiger charge is 2.16. The number of aromatic nitrogens is 4. The number of anilines is 1. The first-order chi connectivity index (χ1) is 10.2. The largest absolute Gasteiger partial charge is 0.461 e. The van der Waals surface area contributed by atoms with E-state index in [1.54, 1.807) is 6.92 Å². The Morgan fingerprint density at radius 1 is 1.38 bits per heavy atom. The number of nitrogens with one attached hydrogen (secondary N) is 2.